The zero-order valence-corrected chi connectivity index (χ0v) is 18.4. The number of halogens is 1. The van der Waals surface area contributed by atoms with Crippen LogP contribution >= 0.6 is 0 Å². The fourth-order valence-corrected chi connectivity index (χ4v) is 4.61. The van der Waals surface area contributed by atoms with Crippen LogP contribution < -0.4 is 15.5 Å². The number of rotatable bonds is 5. The first-order valence-corrected chi connectivity index (χ1v) is 11.2. The van der Waals surface area contributed by atoms with Gasteiger partial charge in [0.25, 0.3) is 5.91 Å². The van der Waals surface area contributed by atoms with E-state index in [9.17, 15) is 9.18 Å². The van der Waals surface area contributed by atoms with Crippen molar-refractivity contribution < 1.29 is 13.9 Å². The van der Waals surface area contributed by atoms with Crippen molar-refractivity contribution in [1.29, 1.82) is 0 Å². The first-order chi connectivity index (χ1) is 14.9. The van der Waals surface area contributed by atoms with Gasteiger partial charge in [0.05, 0.1) is 11.2 Å². The van der Waals surface area contributed by atoms with Gasteiger partial charge in [-0.25, -0.2) is 4.39 Å². The van der Waals surface area contributed by atoms with E-state index in [1.807, 2.05) is 24.3 Å². The average molecular weight is 426 g/mol. The van der Waals surface area contributed by atoms with E-state index in [1.54, 1.807) is 12.1 Å². The summed E-state index contributed by atoms with van der Waals surface area (Å²) in [4.78, 5) is 14.7. The van der Waals surface area contributed by atoms with Crippen molar-refractivity contribution in [3.8, 4) is 0 Å². The maximum atomic E-state index is 13.8. The van der Waals surface area contributed by atoms with E-state index in [-0.39, 0.29) is 11.2 Å². The fourth-order valence-electron chi connectivity index (χ4n) is 4.61. The summed E-state index contributed by atoms with van der Waals surface area (Å²) in [5, 5.41) is 6.62. The van der Waals surface area contributed by atoms with Crippen LogP contribution in [0.15, 0.2) is 48.5 Å². The summed E-state index contributed by atoms with van der Waals surface area (Å²) in [5.74, 6) is -0.952. The number of amides is 1. The Labute approximate surface area is 184 Å². The molecule has 0 spiro atoms. The molecule has 0 aliphatic carbocycles. The SMILES string of the molecule is CC1(C)C[C@@H](NC2CCN(c3ccc(NC(=O)c4ccccc4F)cc3)CC2)CCO1. The molecular weight excluding hydrogens is 393 g/mol. The summed E-state index contributed by atoms with van der Waals surface area (Å²) < 4.78 is 19.6. The van der Waals surface area contributed by atoms with Gasteiger partial charge in [0.15, 0.2) is 0 Å². The molecule has 0 bridgehead atoms. The molecule has 2 N–H and O–H groups in total. The zero-order chi connectivity index (χ0) is 21.8. The Kier molecular flexibility index (Phi) is 6.58. The molecule has 0 unspecified atom stereocenters. The summed E-state index contributed by atoms with van der Waals surface area (Å²) in [5.41, 5.74) is 1.83. The standard InChI is InChI=1S/C25H32FN3O2/c1-25(2)17-20(13-16-31-25)27-19-11-14-29(15-12-19)21-9-7-18(8-10-21)28-24(30)22-5-3-4-6-23(22)26/h3-10,19-20,27H,11-17H2,1-2H3,(H,28,30)/t20-/m0/s1. The molecule has 2 fully saturated rings. The Morgan fingerprint density at radius 2 is 1.74 bits per heavy atom. The minimum absolute atomic E-state index is 0.0277. The third-order valence-corrected chi connectivity index (χ3v) is 6.27. The number of hydrogen-bond donors (Lipinski definition) is 2. The average Bonchev–Trinajstić information content (AvgIpc) is 2.74. The zero-order valence-electron chi connectivity index (χ0n) is 18.4. The molecule has 0 radical (unpaired) electrons. The van der Waals surface area contributed by atoms with E-state index in [2.05, 4.69) is 29.4 Å². The highest BCUT2D eigenvalue weighted by molar-refractivity contribution is 6.04. The largest absolute Gasteiger partial charge is 0.375 e. The third kappa shape index (κ3) is 5.63. The molecule has 2 saturated heterocycles. The number of nitrogens with one attached hydrogen (secondary N) is 2. The van der Waals surface area contributed by atoms with Crippen molar-refractivity contribution in [1.82, 2.24) is 5.32 Å². The number of hydrogen-bond acceptors (Lipinski definition) is 4. The third-order valence-electron chi connectivity index (χ3n) is 6.27. The van der Waals surface area contributed by atoms with E-state index in [0.29, 0.717) is 17.8 Å². The molecule has 0 saturated carbocycles. The van der Waals surface area contributed by atoms with Gasteiger partial charge in [-0.05, 0) is 75.9 Å². The minimum atomic E-state index is -0.516. The number of carbonyl (C=O) groups is 1. The topological polar surface area (TPSA) is 53.6 Å². The van der Waals surface area contributed by atoms with Gasteiger partial charge in [0.1, 0.15) is 5.82 Å². The van der Waals surface area contributed by atoms with Crippen LogP contribution in [0.3, 0.4) is 0 Å². The van der Waals surface area contributed by atoms with Crippen molar-refractivity contribution in [3.63, 3.8) is 0 Å². The van der Waals surface area contributed by atoms with Crippen LogP contribution in [-0.2, 0) is 4.74 Å². The molecule has 2 aromatic carbocycles. The Morgan fingerprint density at radius 3 is 2.42 bits per heavy atom. The lowest BCUT2D eigenvalue weighted by molar-refractivity contribution is -0.0644. The summed E-state index contributed by atoms with van der Waals surface area (Å²) in [6.07, 6.45) is 4.38. The smallest absolute Gasteiger partial charge is 0.258 e. The highest BCUT2D eigenvalue weighted by Gasteiger charge is 2.30. The summed E-state index contributed by atoms with van der Waals surface area (Å²) in [6.45, 7) is 7.19. The Morgan fingerprint density at radius 1 is 1.03 bits per heavy atom. The van der Waals surface area contributed by atoms with E-state index >= 15 is 0 Å². The molecule has 2 aliphatic heterocycles. The van der Waals surface area contributed by atoms with Gasteiger partial charge in [-0.2, -0.15) is 0 Å². The molecular formula is C25H32FN3O2. The van der Waals surface area contributed by atoms with E-state index in [0.717, 1.165) is 51.1 Å². The molecule has 4 rings (SSSR count). The predicted octanol–water partition coefficient (Wildman–Crippen LogP) is 4.59. The Hall–Kier alpha value is -2.44. The van der Waals surface area contributed by atoms with Gasteiger partial charge in [-0.15, -0.1) is 0 Å². The lowest BCUT2D eigenvalue weighted by atomic mass is 9.92. The number of nitrogens with zero attached hydrogens (tertiary/aromatic N) is 1. The molecule has 2 aromatic rings. The second-order valence-electron chi connectivity index (χ2n) is 9.21. The number of piperidine rings is 1. The maximum Gasteiger partial charge on any atom is 0.258 e. The molecule has 2 aliphatic rings. The molecule has 2 heterocycles. The lowest BCUT2D eigenvalue weighted by Gasteiger charge is -2.40. The van der Waals surface area contributed by atoms with Gasteiger partial charge in [0, 0.05) is 43.2 Å². The van der Waals surface area contributed by atoms with Crippen molar-refractivity contribution in [2.45, 2.75) is 57.2 Å². The van der Waals surface area contributed by atoms with Gasteiger partial charge >= 0.3 is 0 Å². The van der Waals surface area contributed by atoms with Crippen LogP contribution in [-0.4, -0.2) is 43.3 Å². The molecule has 0 aromatic heterocycles. The summed E-state index contributed by atoms with van der Waals surface area (Å²) >= 11 is 0. The van der Waals surface area contributed by atoms with Crippen LogP contribution in [0.5, 0.6) is 0 Å². The molecule has 5 nitrogen and oxygen atoms in total. The fraction of sp³-hybridized carbons (Fsp3) is 0.480. The van der Waals surface area contributed by atoms with Crippen LogP contribution in [0.1, 0.15) is 49.9 Å². The lowest BCUT2D eigenvalue weighted by Crippen LogP contribution is -2.50. The Bertz CT molecular complexity index is 892. The van der Waals surface area contributed by atoms with Gasteiger partial charge in [-0.3, -0.25) is 4.79 Å². The van der Waals surface area contributed by atoms with Crippen LogP contribution in [0, 0.1) is 5.82 Å². The van der Waals surface area contributed by atoms with Crippen molar-refractivity contribution >= 4 is 17.3 Å². The van der Waals surface area contributed by atoms with Crippen LogP contribution in [0.25, 0.3) is 0 Å². The van der Waals surface area contributed by atoms with Crippen LogP contribution in [0.2, 0.25) is 0 Å². The summed E-state index contributed by atoms with van der Waals surface area (Å²) in [7, 11) is 0. The maximum absolute atomic E-state index is 13.8. The van der Waals surface area contributed by atoms with Crippen molar-refractivity contribution in [2.24, 2.45) is 0 Å². The number of benzene rings is 2. The summed E-state index contributed by atoms with van der Waals surface area (Å²) in [6, 6.07) is 14.9. The predicted molar refractivity (Wildman–Crippen MR) is 122 cm³/mol. The Balaban J connectivity index is 1.27. The number of carbonyl (C=O) groups excluding carboxylic acids is 1. The number of anilines is 2. The second kappa shape index (κ2) is 9.37. The van der Waals surface area contributed by atoms with Crippen molar-refractivity contribution in [3.05, 3.63) is 59.9 Å². The molecule has 1 amide bonds. The first-order valence-electron chi connectivity index (χ1n) is 11.2. The minimum Gasteiger partial charge on any atom is -0.375 e. The molecule has 6 heteroatoms. The molecule has 1 atom stereocenters. The molecule has 166 valence electrons. The van der Waals surface area contributed by atoms with E-state index < -0.39 is 11.7 Å². The van der Waals surface area contributed by atoms with Gasteiger partial charge in [0.2, 0.25) is 0 Å². The number of ether oxygens (including phenoxy) is 1. The highest BCUT2D eigenvalue weighted by atomic mass is 19.1. The first kappa shape index (κ1) is 21.8. The van der Waals surface area contributed by atoms with E-state index in [4.69, 9.17) is 4.74 Å². The quantitative estimate of drug-likeness (QED) is 0.736. The van der Waals surface area contributed by atoms with E-state index in [1.165, 1.54) is 12.1 Å². The van der Waals surface area contributed by atoms with Crippen molar-refractivity contribution in [2.75, 3.05) is 29.9 Å². The van der Waals surface area contributed by atoms with Gasteiger partial charge in [-0.1, -0.05) is 12.1 Å². The molecule has 31 heavy (non-hydrogen) atoms. The normalized spacial score (nSPS) is 21.6. The van der Waals surface area contributed by atoms with Gasteiger partial charge < -0.3 is 20.3 Å². The monoisotopic (exact) mass is 425 g/mol. The second-order valence-corrected chi connectivity index (χ2v) is 9.21. The van der Waals surface area contributed by atoms with Crippen LogP contribution in [0.4, 0.5) is 15.8 Å². The highest BCUT2D eigenvalue weighted by Crippen LogP contribution is 2.26.